The molecular weight excluding hydrogens is 792 g/mol. The highest BCUT2D eigenvalue weighted by atomic mass is 79.9. The van der Waals surface area contributed by atoms with E-state index in [2.05, 4.69) is 160 Å². The largest absolute Gasteiger partial charge is 0.372 e. The van der Waals surface area contributed by atoms with Crippen molar-refractivity contribution in [2.45, 2.75) is 68.6 Å². The number of ether oxygens (including phenoxy) is 1. The summed E-state index contributed by atoms with van der Waals surface area (Å²) >= 11 is 11.7. The molecule has 8 aromatic rings. The lowest BCUT2D eigenvalue weighted by molar-refractivity contribution is 0.105. The molecule has 0 bridgehead atoms. The highest BCUT2D eigenvalue weighted by Gasteiger charge is 2.22. The summed E-state index contributed by atoms with van der Waals surface area (Å²) in [7, 11) is 0. The second-order valence-electron chi connectivity index (χ2n) is 14.1. The predicted octanol–water partition coefficient (Wildman–Crippen LogP) is 15.5. The Morgan fingerprint density at radius 2 is 0.824 bits per heavy atom. The van der Waals surface area contributed by atoms with Gasteiger partial charge in [-0.05, 0) is 176 Å². The first-order valence-corrected chi connectivity index (χ1v) is 20.7. The zero-order valence-corrected chi connectivity index (χ0v) is 35.1. The number of hydrogen-bond donors (Lipinski definition) is 0. The van der Waals surface area contributed by atoms with Gasteiger partial charge in [0, 0.05) is 29.5 Å². The van der Waals surface area contributed by atoms with Crippen molar-refractivity contribution < 1.29 is 4.74 Å². The molecule has 0 radical (unpaired) electrons. The first kappa shape index (κ1) is 34.7. The third-order valence-corrected chi connectivity index (χ3v) is 15.6. The zero-order valence-electron chi connectivity index (χ0n) is 30.3. The van der Waals surface area contributed by atoms with Crippen LogP contribution in [0.5, 0.6) is 0 Å². The van der Waals surface area contributed by atoms with E-state index in [0.29, 0.717) is 13.2 Å². The molecule has 0 aliphatic carbocycles. The SMILES string of the molecule is Cc1cc(-c2c3ccccc3c(Br)c3sc(C)c(C)c23)cc(C)c1COCc1c(C)cc(-c2c3ccccc3c(Br)c3sc(C)c(C)c23)cc1C. The van der Waals surface area contributed by atoms with Crippen LogP contribution in [0.1, 0.15) is 54.3 Å². The van der Waals surface area contributed by atoms with Crippen molar-refractivity contribution in [3.63, 3.8) is 0 Å². The molecule has 0 aliphatic rings. The van der Waals surface area contributed by atoms with Crippen molar-refractivity contribution in [3.05, 3.63) is 136 Å². The topological polar surface area (TPSA) is 9.23 Å². The normalized spacial score (nSPS) is 12.0. The summed E-state index contributed by atoms with van der Waals surface area (Å²) in [6, 6.07) is 27.1. The Bertz CT molecular complexity index is 2490. The molecule has 6 aromatic carbocycles. The third-order valence-electron chi connectivity index (χ3n) is 11.0. The smallest absolute Gasteiger partial charge is 0.0726 e. The maximum atomic E-state index is 6.57. The molecule has 8 rings (SSSR count). The van der Waals surface area contributed by atoms with E-state index in [9.17, 15) is 0 Å². The van der Waals surface area contributed by atoms with Crippen LogP contribution in [0.25, 0.3) is 64.0 Å². The molecule has 0 fully saturated rings. The Kier molecular flexibility index (Phi) is 9.04. The van der Waals surface area contributed by atoms with E-state index in [1.165, 1.54) is 127 Å². The van der Waals surface area contributed by atoms with Gasteiger partial charge in [0.25, 0.3) is 0 Å². The lowest BCUT2D eigenvalue weighted by Gasteiger charge is -2.18. The maximum absolute atomic E-state index is 6.57. The van der Waals surface area contributed by atoms with Crippen LogP contribution in [0.2, 0.25) is 0 Å². The van der Waals surface area contributed by atoms with E-state index in [-0.39, 0.29) is 0 Å². The van der Waals surface area contributed by atoms with Crippen LogP contribution < -0.4 is 0 Å². The van der Waals surface area contributed by atoms with Crippen molar-refractivity contribution in [1.29, 1.82) is 0 Å². The highest BCUT2D eigenvalue weighted by molar-refractivity contribution is 9.11. The van der Waals surface area contributed by atoms with Crippen molar-refractivity contribution in [3.8, 4) is 22.3 Å². The predicted molar refractivity (Wildman–Crippen MR) is 231 cm³/mol. The lowest BCUT2D eigenvalue weighted by atomic mass is 9.89. The quantitative estimate of drug-likeness (QED) is 0.162. The van der Waals surface area contributed by atoms with Gasteiger partial charge in [0.15, 0.2) is 0 Å². The van der Waals surface area contributed by atoms with Gasteiger partial charge in [0.05, 0.1) is 22.6 Å². The van der Waals surface area contributed by atoms with Crippen molar-refractivity contribution >= 4 is 96.3 Å². The van der Waals surface area contributed by atoms with Crippen LogP contribution in [0.3, 0.4) is 0 Å². The number of fused-ring (bicyclic) bond motifs is 4. The number of hydrogen-bond acceptors (Lipinski definition) is 3. The molecule has 5 heteroatoms. The highest BCUT2D eigenvalue weighted by Crippen LogP contribution is 2.49. The molecular formula is C46H40Br2OS2. The Hall–Kier alpha value is -3.32. The van der Waals surface area contributed by atoms with Crippen molar-refractivity contribution in [1.82, 2.24) is 0 Å². The average Bonchev–Trinajstić information content (AvgIpc) is 3.57. The van der Waals surface area contributed by atoms with E-state index in [1.54, 1.807) is 0 Å². The van der Waals surface area contributed by atoms with Gasteiger partial charge in [0.2, 0.25) is 0 Å². The molecule has 2 aromatic heterocycles. The molecule has 51 heavy (non-hydrogen) atoms. The van der Waals surface area contributed by atoms with E-state index in [4.69, 9.17) is 4.74 Å². The standard InChI is InChI=1S/C46H40Br2OS2/c1-23-17-31(41-33-13-9-11-15-35(33)43(47)45-39(41)27(5)29(7)50-45)18-24(2)37(23)21-49-22-38-25(3)19-32(20-26(38)4)42-34-14-10-12-16-36(34)44(48)46-40(42)28(6)30(8)51-46/h9-20H,21-22H2,1-8H3. The van der Waals surface area contributed by atoms with Crippen LogP contribution >= 0.6 is 54.5 Å². The number of rotatable bonds is 6. The fourth-order valence-corrected chi connectivity index (χ4v) is 11.9. The van der Waals surface area contributed by atoms with Gasteiger partial charge in [-0.15, -0.1) is 22.7 Å². The first-order valence-electron chi connectivity index (χ1n) is 17.4. The molecule has 0 saturated carbocycles. The van der Waals surface area contributed by atoms with Gasteiger partial charge >= 0.3 is 0 Å². The van der Waals surface area contributed by atoms with Crippen molar-refractivity contribution in [2.75, 3.05) is 0 Å². The van der Waals surface area contributed by atoms with Crippen LogP contribution in [0.4, 0.5) is 0 Å². The van der Waals surface area contributed by atoms with Crippen LogP contribution in [0, 0.1) is 55.4 Å². The summed E-state index contributed by atoms with van der Waals surface area (Å²) < 4.78 is 11.6. The third kappa shape index (κ3) is 5.63. The van der Waals surface area contributed by atoms with Gasteiger partial charge in [0.1, 0.15) is 0 Å². The summed E-state index contributed by atoms with van der Waals surface area (Å²) in [5.41, 5.74) is 15.6. The Morgan fingerprint density at radius 1 is 0.490 bits per heavy atom. The summed E-state index contributed by atoms with van der Waals surface area (Å²) in [4.78, 5) is 2.74. The fraction of sp³-hybridized carbons (Fsp3) is 0.217. The van der Waals surface area contributed by atoms with E-state index >= 15 is 0 Å². The fourth-order valence-electron chi connectivity index (χ4n) is 8.05. The molecule has 0 atom stereocenters. The molecule has 256 valence electrons. The van der Waals surface area contributed by atoms with Crippen LogP contribution in [-0.2, 0) is 18.0 Å². The van der Waals surface area contributed by atoms with Crippen LogP contribution in [-0.4, -0.2) is 0 Å². The molecule has 1 nitrogen and oxygen atoms in total. The minimum Gasteiger partial charge on any atom is -0.372 e. The molecule has 0 amide bonds. The van der Waals surface area contributed by atoms with E-state index in [1.807, 2.05) is 22.7 Å². The Labute approximate surface area is 325 Å². The van der Waals surface area contributed by atoms with Gasteiger partial charge in [-0.1, -0.05) is 72.8 Å². The molecule has 2 heterocycles. The zero-order chi connectivity index (χ0) is 35.9. The number of halogens is 2. The number of thiophene rings is 2. The molecule has 0 aliphatic heterocycles. The van der Waals surface area contributed by atoms with Gasteiger partial charge in [-0.25, -0.2) is 0 Å². The van der Waals surface area contributed by atoms with E-state index in [0.717, 1.165) is 0 Å². The maximum Gasteiger partial charge on any atom is 0.0726 e. The molecule has 0 spiro atoms. The van der Waals surface area contributed by atoms with Gasteiger partial charge in [-0.2, -0.15) is 0 Å². The van der Waals surface area contributed by atoms with Gasteiger partial charge < -0.3 is 4.74 Å². The summed E-state index contributed by atoms with van der Waals surface area (Å²) in [5.74, 6) is 0. The Balaban J connectivity index is 1.12. The van der Waals surface area contributed by atoms with Gasteiger partial charge in [-0.3, -0.25) is 0 Å². The van der Waals surface area contributed by atoms with Crippen LogP contribution in [0.15, 0.2) is 81.7 Å². The minimum atomic E-state index is 0.580. The summed E-state index contributed by atoms with van der Waals surface area (Å²) in [6.45, 7) is 19.1. The Morgan fingerprint density at radius 3 is 1.18 bits per heavy atom. The second kappa shape index (κ2) is 13.3. The molecule has 0 saturated heterocycles. The van der Waals surface area contributed by atoms with Crippen molar-refractivity contribution in [2.24, 2.45) is 0 Å². The first-order chi connectivity index (χ1) is 24.5. The lowest BCUT2D eigenvalue weighted by Crippen LogP contribution is -2.03. The number of benzene rings is 6. The number of aryl methyl sites for hydroxylation is 8. The average molecular weight is 833 g/mol. The summed E-state index contributed by atoms with van der Waals surface area (Å²) in [6.07, 6.45) is 0. The summed E-state index contributed by atoms with van der Waals surface area (Å²) in [5, 5.41) is 7.83. The minimum absolute atomic E-state index is 0.580. The second-order valence-corrected chi connectivity index (χ2v) is 18.1. The molecule has 0 unspecified atom stereocenters. The van der Waals surface area contributed by atoms with E-state index < -0.39 is 0 Å². The monoisotopic (exact) mass is 830 g/mol. The molecule has 0 N–H and O–H groups in total.